The Hall–Kier alpha value is -1.05. The van der Waals surface area contributed by atoms with Gasteiger partial charge in [0.05, 0.1) is 0 Å². The maximum Gasteiger partial charge on any atom is 4.00 e. The first kappa shape index (κ1) is 30.0. The Balaban J connectivity index is 0.000000529. The monoisotopic (exact) mass is 488 g/mol. The minimum atomic E-state index is 0. The zero-order chi connectivity index (χ0) is 19.6. The predicted octanol–water partition coefficient (Wildman–Crippen LogP) is 2.59. The average Bonchev–Trinajstić information content (AvgIpc) is 3.32. The van der Waals surface area contributed by atoms with Gasteiger partial charge in [-0.2, -0.15) is 12.1 Å². The molecule has 0 bridgehead atoms. The van der Waals surface area contributed by atoms with Crippen molar-refractivity contribution in [1.29, 1.82) is 0 Å². The van der Waals surface area contributed by atoms with E-state index in [1.54, 1.807) is 0 Å². The van der Waals surface area contributed by atoms with Crippen molar-refractivity contribution in [2.24, 2.45) is 0 Å². The minimum absolute atomic E-state index is 0. The molecule has 0 atom stereocenters. The van der Waals surface area contributed by atoms with Crippen LogP contribution in [0.4, 0.5) is 0 Å². The van der Waals surface area contributed by atoms with Crippen molar-refractivity contribution < 1.29 is 46.5 Å². The fourth-order valence-electron chi connectivity index (χ4n) is 3.88. The molecule has 0 aliphatic heterocycles. The number of benzene rings is 2. The molecule has 0 unspecified atom stereocenters. The van der Waals surface area contributed by atoms with Crippen molar-refractivity contribution in [3.8, 4) is 0 Å². The van der Waals surface area contributed by atoms with Gasteiger partial charge in [-0.1, -0.05) is 64.5 Å². The van der Waals surface area contributed by atoms with E-state index in [9.17, 15) is 0 Å². The summed E-state index contributed by atoms with van der Waals surface area (Å²) in [5.41, 5.74) is 3.00. The molecule has 0 nitrogen and oxygen atoms in total. The first-order chi connectivity index (χ1) is 13.8. The fraction of sp³-hybridized carbons (Fsp3) is 0.357. The van der Waals surface area contributed by atoms with E-state index in [-0.39, 0.29) is 46.5 Å². The third kappa shape index (κ3) is 9.54. The average molecular weight is 489 g/mol. The summed E-state index contributed by atoms with van der Waals surface area (Å²) in [6.45, 7) is 4.50. The summed E-state index contributed by atoms with van der Waals surface area (Å²) in [7, 11) is 0. The van der Waals surface area contributed by atoms with E-state index in [0.29, 0.717) is 0 Å². The molecule has 0 heterocycles. The van der Waals surface area contributed by atoms with Crippen LogP contribution >= 0.6 is 0 Å². The summed E-state index contributed by atoms with van der Waals surface area (Å²) in [5.74, 6) is 0. The largest absolute Gasteiger partial charge is 4.00 e. The van der Waals surface area contributed by atoms with E-state index in [1.807, 2.05) is 0 Å². The number of fused-ring (bicyclic) bond motifs is 2. The smallest absolute Gasteiger partial charge is 1.00 e. The van der Waals surface area contributed by atoms with Crippen LogP contribution in [0, 0.1) is 0 Å². The molecule has 4 rings (SSSR count). The maximum atomic E-state index is 2.32. The van der Waals surface area contributed by atoms with Gasteiger partial charge >= 0.3 is 21.7 Å². The SMILES string of the molecule is CCCCCc1cc2ccccc2[cH-]1.CCCCCc1cc2ccccc2[cH-]1.[Cl-].[Cl-].[Ti+4]. The third-order valence-electron chi connectivity index (χ3n) is 5.49. The number of unbranched alkanes of at least 4 members (excludes halogenated alkanes) is 4. The van der Waals surface area contributed by atoms with Gasteiger partial charge in [0, 0.05) is 0 Å². The van der Waals surface area contributed by atoms with E-state index in [4.69, 9.17) is 0 Å². The Labute approximate surface area is 216 Å². The summed E-state index contributed by atoms with van der Waals surface area (Å²) in [6.07, 6.45) is 10.4. The molecule has 0 spiro atoms. The topological polar surface area (TPSA) is 0 Å². The van der Waals surface area contributed by atoms with Gasteiger partial charge in [0.1, 0.15) is 0 Å². The Morgan fingerprint density at radius 2 is 0.968 bits per heavy atom. The van der Waals surface area contributed by atoms with Crippen molar-refractivity contribution in [1.82, 2.24) is 0 Å². The first-order valence-corrected chi connectivity index (χ1v) is 11.1. The van der Waals surface area contributed by atoms with Gasteiger partial charge in [-0.25, -0.2) is 0 Å². The normalized spacial score (nSPS) is 9.87. The number of rotatable bonds is 8. The van der Waals surface area contributed by atoms with E-state index >= 15 is 0 Å². The molecule has 0 aromatic heterocycles. The molecule has 3 heteroatoms. The number of hydrogen-bond acceptors (Lipinski definition) is 0. The molecule has 0 saturated carbocycles. The van der Waals surface area contributed by atoms with Crippen LogP contribution in [0.2, 0.25) is 0 Å². The van der Waals surface area contributed by atoms with Crippen LogP contribution in [-0.4, -0.2) is 0 Å². The second-order valence-electron chi connectivity index (χ2n) is 7.90. The standard InChI is InChI=1S/2C14H17.2ClH.Ti/c2*1-2-3-4-7-12-10-13-8-5-6-9-14(13)11-12;;;/h2*5-6,8-11H,2-4,7H2,1H3;2*1H;/q2*-1;;;+4/p-2. The summed E-state index contributed by atoms with van der Waals surface area (Å²) in [4.78, 5) is 0. The van der Waals surface area contributed by atoms with E-state index in [0.717, 1.165) is 0 Å². The number of halogens is 2. The van der Waals surface area contributed by atoms with Crippen molar-refractivity contribution in [3.63, 3.8) is 0 Å². The summed E-state index contributed by atoms with van der Waals surface area (Å²) in [6, 6.07) is 26.5. The van der Waals surface area contributed by atoms with Crippen LogP contribution in [0.3, 0.4) is 0 Å². The van der Waals surface area contributed by atoms with Gasteiger partial charge in [0.2, 0.25) is 0 Å². The van der Waals surface area contributed by atoms with Crippen LogP contribution in [0.5, 0.6) is 0 Å². The van der Waals surface area contributed by atoms with Crippen molar-refractivity contribution in [2.75, 3.05) is 0 Å². The maximum absolute atomic E-state index is 2.32. The Morgan fingerprint density at radius 1 is 0.581 bits per heavy atom. The van der Waals surface area contributed by atoms with Crippen molar-refractivity contribution in [2.45, 2.75) is 65.2 Å². The van der Waals surface area contributed by atoms with Gasteiger partial charge in [0.25, 0.3) is 0 Å². The molecule has 0 aliphatic rings. The molecular weight excluding hydrogens is 455 g/mol. The van der Waals surface area contributed by atoms with Gasteiger partial charge in [-0.3, -0.25) is 0 Å². The molecule has 164 valence electrons. The first-order valence-electron chi connectivity index (χ1n) is 11.1. The Kier molecular flexibility index (Phi) is 16.0. The molecule has 0 aliphatic carbocycles. The zero-order valence-corrected chi connectivity index (χ0v) is 21.9. The van der Waals surface area contributed by atoms with Crippen LogP contribution in [0.25, 0.3) is 21.5 Å². The number of hydrogen-bond donors (Lipinski definition) is 0. The van der Waals surface area contributed by atoms with Crippen LogP contribution in [0.1, 0.15) is 63.5 Å². The van der Waals surface area contributed by atoms with Crippen LogP contribution in [-0.2, 0) is 34.6 Å². The molecule has 4 aromatic carbocycles. The molecule has 4 aromatic rings. The molecule has 0 fully saturated rings. The number of aryl methyl sites for hydroxylation is 2. The summed E-state index contributed by atoms with van der Waals surface area (Å²) >= 11 is 0. The fourth-order valence-corrected chi connectivity index (χ4v) is 3.88. The zero-order valence-electron chi connectivity index (χ0n) is 18.8. The molecule has 0 N–H and O–H groups in total. The van der Waals surface area contributed by atoms with Gasteiger partial charge in [-0.15, -0.1) is 81.2 Å². The summed E-state index contributed by atoms with van der Waals surface area (Å²) < 4.78 is 0. The molecule has 0 saturated heterocycles. The minimum Gasteiger partial charge on any atom is -1.00 e. The van der Waals surface area contributed by atoms with E-state index in [1.165, 1.54) is 84.0 Å². The van der Waals surface area contributed by atoms with E-state index in [2.05, 4.69) is 86.6 Å². The Bertz CT molecular complexity index is 821. The van der Waals surface area contributed by atoms with Crippen LogP contribution < -0.4 is 24.8 Å². The molecule has 31 heavy (non-hydrogen) atoms. The van der Waals surface area contributed by atoms with Crippen molar-refractivity contribution in [3.05, 3.63) is 83.9 Å². The molecule has 0 radical (unpaired) electrons. The second-order valence-corrected chi connectivity index (χ2v) is 7.90. The quantitative estimate of drug-likeness (QED) is 0.203. The predicted molar refractivity (Wildman–Crippen MR) is 126 cm³/mol. The van der Waals surface area contributed by atoms with Crippen molar-refractivity contribution >= 4 is 21.5 Å². The summed E-state index contributed by atoms with van der Waals surface area (Å²) in [5, 5.41) is 5.55. The van der Waals surface area contributed by atoms with Gasteiger partial charge in [-0.05, 0) is 12.8 Å². The Morgan fingerprint density at radius 3 is 1.32 bits per heavy atom. The van der Waals surface area contributed by atoms with E-state index < -0.39 is 0 Å². The second kappa shape index (κ2) is 16.6. The van der Waals surface area contributed by atoms with Gasteiger partial charge < -0.3 is 24.8 Å². The molecule has 0 amide bonds. The van der Waals surface area contributed by atoms with Crippen LogP contribution in [0.15, 0.2) is 72.8 Å². The molecular formula is C28H34Cl2Ti. The van der Waals surface area contributed by atoms with Gasteiger partial charge in [0.15, 0.2) is 0 Å². The third-order valence-corrected chi connectivity index (χ3v) is 5.49.